The van der Waals surface area contributed by atoms with Crippen LogP contribution in [0.2, 0.25) is 0 Å². The second-order valence-electron chi connectivity index (χ2n) is 9.66. The number of aromatic nitrogens is 2. The Morgan fingerprint density at radius 2 is 1.81 bits per heavy atom. The number of nitrogens with zero attached hydrogens (tertiary/aromatic N) is 3. The van der Waals surface area contributed by atoms with Gasteiger partial charge in [-0.3, -0.25) is 0 Å². The van der Waals surface area contributed by atoms with Crippen LogP contribution in [0.25, 0.3) is 16.9 Å². The highest BCUT2D eigenvalue weighted by molar-refractivity contribution is 5.78. The number of morpholine rings is 1. The van der Waals surface area contributed by atoms with Crippen LogP contribution in [0.1, 0.15) is 32.4 Å². The zero-order chi connectivity index (χ0) is 25.1. The predicted octanol–water partition coefficient (Wildman–Crippen LogP) is 4.39. The second kappa shape index (κ2) is 10.3. The molecule has 3 aromatic rings. The Labute approximate surface area is 211 Å². The van der Waals surface area contributed by atoms with Crippen molar-refractivity contribution in [3.63, 3.8) is 0 Å². The van der Waals surface area contributed by atoms with E-state index in [9.17, 15) is 4.79 Å². The summed E-state index contributed by atoms with van der Waals surface area (Å²) in [6.45, 7) is 6.60. The number of esters is 1. The lowest BCUT2D eigenvalue weighted by Crippen LogP contribution is -2.36. The summed E-state index contributed by atoms with van der Waals surface area (Å²) in [5, 5.41) is 4.94. The number of carbonyl (C=O) groups excluding carboxylic acids is 1. The molecule has 0 N–H and O–H groups in total. The van der Waals surface area contributed by atoms with Crippen LogP contribution >= 0.6 is 0 Å². The van der Waals surface area contributed by atoms with Crippen molar-refractivity contribution in [2.75, 3.05) is 38.3 Å². The monoisotopic (exact) mass is 491 g/mol. The predicted molar refractivity (Wildman–Crippen MR) is 137 cm³/mol. The summed E-state index contributed by atoms with van der Waals surface area (Å²) in [6, 6.07) is 18.4. The molecular weight excluding hydrogens is 458 g/mol. The van der Waals surface area contributed by atoms with Gasteiger partial charge in [0.15, 0.2) is 5.60 Å². The van der Waals surface area contributed by atoms with E-state index in [0.29, 0.717) is 25.0 Å². The zero-order valence-corrected chi connectivity index (χ0v) is 21.1. The number of methoxy groups -OCH3 is 1. The molecule has 2 heterocycles. The van der Waals surface area contributed by atoms with E-state index in [1.165, 1.54) is 7.11 Å². The van der Waals surface area contributed by atoms with E-state index >= 15 is 0 Å². The molecule has 2 fully saturated rings. The third-order valence-electron chi connectivity index (χ3n) is 6.44. The maximum absolute atomic E-state index is 12.1. The van der Waals surface area contributed by atoms with Gasteiger partial charge in [0.1, 0.15) is 5.75 Å². The van der Waals surface area contributed by atoms with Crippen LogP contribution in [0.5, 0.6) is 5.75 Å². The number of para-hydroxylation sites is 2. The van der Waals surface area contributed by atoms with Gasteiger partial charge in [0, 0.05) is 18.7 Å². The van der Waals surface area contributed by atoms with E-state index < -0.39 is 11.6 Å². The molecule has 2 aromatic carbocycles. The Bertz CT molecular complexity index is 1210. The molecule has 1 aromatic heterocycles. The minimum absolute atomic E-state index is 0.167. The summed E-state index contributed by atoms with van der Waals surface area (Å²) in [7, 11) is 1.36. The van der Waals surface area contributed by atoms with Crippen LogP contribution in [0.15, 0.2) is 54.6 Å². The molecule has 36 heavy (non-hydrogen) atoms. The summed E-state index contributed by atoms with van der Waals surface area (Å²) in [6.07, 6.45) is 2.52. The molecule has 0 radical (unpaired) electrons. The van der Waals surface area contributed by atoms with Gasteiger partial charge in [-0.15, -0.1) is 0 Å². The molecule has 8 heteroatoms. The van der Waals surface area contributed by atoms with Gasteiger partial charge in [-0.1, -0.05) is 24.3 Å². The molecule has 0 atom stereocenters. The lowest BCUT2D eigenvalue weighted by molar-refractivity contribution is -0.166. The smallest absolute Gasteiger partial charge is 0.337 e. The summed E-state index contributed by atoms with van der Waals surface area (Å²) in [5.74, 6) is 0.429. The molecule has 0 spiro atoms. The first-order valence-electron chi connectivity index (χ1n) is 12.4. The molecule has 1 aliphatic carbocycles. The van der Waals surface area contributed by atoms with Gasteiger partial charge in [0.2, 0.25) is 0 Å². The molecule has 0 bridgehead atoms. The normalized spacial score (nSPS) is 16.1. The first kappa shape index (κ1) is 24.3. The molecule has 0 unspecified atom stereocenters. The van der Waals surface area contributed by atoms with Gasteiger partial charge in [-0.05, 0) is 57.0 Å². The summed E-state index contributed by atoms with van der Waals surface area (Å²) in [5.41, 5.74) is 3.62. The number of hydrogen-bond donors (Lipinski definition) is 0. The van der Waals surface area contributed by atoms with Gasteiger partial charge in [-0.2, -0.15) is 5.10 Å². The van der Waals surface area contributed by atoms with E-state index in [0.717, 1.165) is 54.3 Å². The van der Waals surface area contributed by atoms with Gasteiger partial charge >= 0.3 is 5.97 Å². The van der Waals surface area contributed by atoms with Crippen LogP contribution in [0, 0.1) is 0 Å². The van der Waals surface area contributed by atoms with E-state index in [1.54, 1.807) is 13.8 Å². The molecular formula is C28H33N3O5. The molecule has 1 saturated heterocycles. The van der Waals surface area contributed by atoms with E-state index in [4.69, 9.17) is 24.0 Å². The molecule has 5 rings (SSSR count). The average Bonchev–Trinajstić information content (AvgIpc) is 3.62. The third kappa shape index (κ3) is 5.39. The van der Waals surface area contributed by atoms with Crippen molar-refractivity contribution >= 4 is 11.7 Å². The first-order chi connectivity index (χ1) is 17.4. The maximum atomic E-state index is 12.1. The van der Waals surface area contributed by atoms with Crippen molar-refractivity contribution in [2.45, 2.75) is 45.0 Å². The van der Waals surface area contributed by atoms with Crippen molar-refractivity contribution in [1.82, 2.24) is 9.78 Å². The number of carbonyl (C=O) groups is 1. The van der Waals surface area contributed by atoms with Crippen LogP contribution in [0.3, 0.4) is 0 Å². The van der Waals surface area contributed by atoms with Crippen LogP contribution in [-0.4, -0.2) is 60.9 Å². The van der Waals surface area contributed by atoms with Crippen LogP contribution < -0.4 is 9.64 Å². The quantitative estimate of drug-likeness (QED) is 0.411. The Morgan fingerprint density at radius 1 is 1.06 bits per heavy atom. The highest BCUT2D eigenvalue weighted by atomic mass is 16.6. The molecule has 1 aliphatic heterocycles. The lowest BCUT2D eigenvalue weighted by Gasteiger charge is -2.30. The number of ether oxygens (including phenoxy) is 4. The third-order valence-corrected chi connectivity index (χ3v) is 6.44. The van der Waals surface area contributed by atoms with Crippen LogP contribution in [-0.2, 0) is 25.6 Å². The number of benzene rings is 2. The van der Waals surface area contributed by atoms with Crippen molar-refractivity contribution in [2.24, 2.45) is 0 Å². The highest BCUT2D eigenvalue weighted by Crippen LogP contribution is 2.34. The largest absolute Gasteiger partial charge is 0.490 e. The number of anilines is 1. The van der Waals surface area contributed by atoms with Crippen molar-refractivity contribution < 1.29 is 23.7 Å². The Balaban J connectivity index is 1.53. The zero-order valence-electron chi connectivity index (χ0n) is 21.1. The molecule has 190 valence electrons. The van der Waals surface area contributed by atoms with Crippen LogP contribution in [0.4, 0.5) is 5.69 Å². The molecule has 8 nitrogen and oxygen atoms in total. The lowest BCUT2D eigenvalue weighted by atomic mass is 10.1. The second-order valence-corrected chi connectivity index (χ2v) is 9.66. The molecule has 0 amide bonds. The van der Waals surface area contributed by atoms with E-state index in [2.05, 4.69) is 29.2 Å². The highest BCUT2D eigenvalue weighted by Gasteiger charge is 2.30. The SMILES string of the molecule is COC(=O)C(C)(C)OCc1cc(-c2cccc(OC3CC3)c2)n(-c2ccccc2N2CCOCC2)n1. The minimum atomic E-state index is -1.08. The topological polar surface area (TPSA) is 75.1 Å². The maximum Gasteiger partial charge on any atom is 0.337 e. The number of hydrogen-bond acceptors (Lipinski definition) is 7. The standard InChI is InChI=1S/C28H33N3O5/c1-28(2,27(32)33-3)35-19-21-18-26(20-7-6-8-23(17-20)36-22-11-12-22)31(29-21)25-10-5-4-9-24(25)30-13-15-34-16-14-30/h4-10,17-18,22H,11-16,19H2,1-3H3. The fraction of sp³-hybridized carbons (Fsp3) is 0.429. The summed E-state index contributed by atoms with van der Waals surface area (Å²) in [4.78, 5) is 14.4. The summed E-state index contributed by atoms with van der Waals surface area (Å²) < 4.78 is 24.4. The molecule has 1 saturated carbocycles. The fourth-order valence-corrected chi connectivity index (χ4v) is 4.27. The fourth-order valence-electron chi connectivity index (χ4n) is 4.27. The summed E-state index contributed by atoms with van der Waals surface area (Å²) >= 11 is 0. The van der Waals surface area contributed by atoms with Gasteiger partial charge in [0.05, 0.1) is 55.8 Å². The minimum Gasteiger partial charge on any atom is -0.490 e. The Kier molecular flexibility index (Phi) is 6.98. The van der Waals surface area contributed by atoms with E-state index in [-0.39, 0.29) is 6.61 Å². The van der Waals surface area contributed by atoms with Gasteiger partial charge < -0.3 is 23.8 Å². The van der Waals surface area contributed by atoms with Gasteiger partial charge in [0.25, 0.3) is 0 Å². The van der Waals surface area contributed by atoms with Crippen molar-refractivity contribution in [1.29, 1.82) is 0 Å². The Hall–Kier alpha value is -3.36. The van der Waals surface area contributed by atoms with E-state index in [1.807, 2.05) is 35.0 Å². The molecule has 2 aliphatic rings. The average molecular weight is 492 g/mol. The first-order valence-corrected chi connectivity index (χ1v) is 12.4. The van der Waals surface area contributed by atoms with Gasteiger partial charge in [-0.25, -0.2) is 9.48 Å². The number of rotatable bonds is 9. The van der Waals surface area contributed by atoms with Crippen molar-refractivity contribution in [3.8, 4) is 22.7 Å². The van der Waals surface area contributed by atoms with Crippen molar-refractivity contribution in [3.05, 3.63) is 60.3 Å². The Morgan fingerprint density at radius 3 is 2.53 bits per heavy atom.